The van der Waals surface area contributed by atoms with Gasteiger partial charge in [0.15, 0.2) is 0 Å². The van der Waals surface area contributed by atoms with Crippen molar-refractivity contribution in [3.05, 3.63) is 0 Å². The van der Waals surface area contributed by atoms with Crippen molar-refractivity contribution in [2.45, 2.75) is 18.4 Å². The number of aliphatic carboxylic acids is 3. The van der Waals surface area contributed by atoms with Crippen LogP contribution in [0.5, 0.6) is 0 Å². The number of rotatable bonds is 5. The minimum Gasteiger partial charge on any atom is -0.550 e. The molecule has 0 aromatic heterocycles. The van der Waals surface area contributed by atoms with E-state index in [2.05, 4.69) is 0 Å². The third kappa shape index (κ3) is 8.47. The van der Waals surface area contributed by atoms with Gasteiger partial charge in [-0.05, 0) is 0 Å². The summed E-state index contributed by atoms with van der Waals surface area (Å²) in [5.74, 6) is -5.98. The average molecular weight is 398 g/mol. The Kier molecular flexibility index (Phi) is 12.3. The Morgan fingerprint density at radius 1 is 1.00 bits per heavy atom. The van der Waals surface area contributed by atoms with E-state index in [0.29, 0.717) is 0 Å². The van der Waals surface area contributed by atoms with Crippen LogP contribution < -0.4 is 15.3 Å². The first-order valence-electron chi connectivity index (χ1n) is 3.11. The molecule has 0 heterocycles. The monoisotopic (exact) mass is 398 g/mol. The molecule has 0 aromatic carbocycles. The quantitative estimate of drug-likeness (QED) is 0.455. The van der Waals surface area contributed by atoms with Crippen LogP contribution in [-0.2, 0) is 14.4 Å². The Morgan fingerprint density at radius 2 is 1.27 bits per heavy atom. The van der Waals surface area contributed by atoms with E-state index in [0.717, 1.165) is 0 Å². The molecule has 0 amide bonds. The van der Waals surface area contributed by atoms with Crippen molar-refractivity contribution < 1.29 is 34.8 Å². The molecule has 0 rings (SSSR count). The standard InChI is InChI=1S/C6H8O7.Sb.Sr/c7-3(8)1-6(13,5(11)12)2-4(9)10;;/h13H,1-2H2,(H,7,8)(H,9,10)(H,11,12);;/q;+3;+2/p-3. The van der Waals surface area contributed by atoms with Gasteiger partial charge in [0.05, 0.1) is 5.97 Å². The van der Waals surface area contributed by atoms with Crippen LogP contribution in [0.15, 0.2) is 0 Å². The van der Waals surface area contributed by atoms with E-state index >= 15 is 0 Å². The minimum absolute atomic E-state index is 0. The molecule has 0 spiro atoms. The summed E-state index contributed by atoms with van der Waals surface area (Å²) in [5.41, 5.74) is -2.97. The predicted molar refractivity (Wildman–Crippen MR) is 40.7 cm³/mol. The van der Waals surface area contributed by atoms with Crippen LogP contribution in [0.2, 0.25) is 0 Å². The Bertz CT molecular complexity index is 238. The number of carbonyl (C=O) groups excluding carboxylic acids is 3. The molecular formula is C6H5O7SbSr+2. The second-order valence-electron chi connectivity index (χ2n) is 2.42. The second-order valence-corrected chi connectivity index (χ2v) is 2.42. The molecule has 0 saturated heterocycles. The summed E-state index contributed by atoms with van der Waals surface area (Å²) >= 11 is 0. The molecule has 0 unspecified atom stereocenters. The maximum absolute atomic E-state index is 10.1. The fourth-order valence-electron chi connectivity index (χ4n) is 0.684. The van der Waals surface area contributed by atoms with Crippen molar-refractivity contribution in [3.63, 3.8) is 0 Å². The Labute approximate surface area is 139 Å². The van der Waals surface area contributed by atoms with Crippen LogP contribution >= 0.6 is 0 Å². The zero-order valence-corrected chi connectivity index (χ0v) is 13.5. The molecule has 7 nitrogen and oxygen atoms in total. The van der Waals surface area contributed by atoms with Crippen LogP contribution in [0.4, 0.5) is 0 Å². The van der Waals surface area contributed by atoms with Gasteiger partial charge in [0.2, 0.25) is 0 Å². The molecule has 15 heavy (non-hydrogen) atoms. The summed E-state index contributed by atoms with van der Waals surface area (Å²) in [7, 11) is 0. The van der Waals surface area contributed by atoms with Gasteiger partial charge >= 0.3 is 69.9 Å². The van der Waals surface area contributed by atoms with Gasteiger partial charge in [-0.15, -0.1) is 0 Å². The van der Waals surface area contributed by atoms with Gasteiger partial charge in [-0.3, -0.25) is 0 Å². The summed E-state index contributed by atoms with van der Waals surface area (Å²) < 4.78 is 0. The van der Waals surface area contributed by atoms with Gasteiger partial charge in [0.1, 0.15) is 5.60 Å². The Morgan fingerprint density at radius 3 is 1.40 bits per heavy atom. The van der Waals surface area contributed by atoms with E-state index in [9.17, 15) is 29.7 Å². The van der Waals surface area contributed by atoms with E-state index < -0.39 is 36.4 Å². The van der Waals surface area contributed by atoms with Gasteiger partial charge in [-0.25, -0.2) is 0 Å². The van der Waals surface area contributed by atoms with Gasteiger partial charge < -0.3 is 34.8 Å². The fraction of sp³-hybridized carbons (Fsp3) is 0.500. The summed E-state index contributed by atoms with van der Waals surface area (Å²) in [5, 5.41) is 38.9. The molecule has 0 aromatic rings. The summed E-state index contributed by atoms with van der Waals surface area (Å²) in [6.45, 7) is 0. The third-order valence-corrected chi connectivity index (χ3v) is 1.25. The summed E-state index contributed by atoms with van der Waals surface area (Å²) in [6, 6.07) is 0. The number of carbonyl (C=O) groups is 3. The van der Waals surface area contributed by atoms with Crippen molar-refractivity contribution in [1.82, 2.24) is 0 Å². The number of hydrogen-bond acceptors (Lipinski definition) is 7. The van der Waals surface area contributed by atoms with Crippen LogP contribution in [0.3, 0.4) is 0 Å². The van der Waals surface area contributed by atoms with Gasteiger partial charge in [0.25, 0.3) is 0 Å². The van der Waals surface area contributed by atoms with E-state index in [1.165, 1.54) is 0 Å². The molecule has 0 saturated carbocycles. The zero-order chi connectivity index (χ0) is 10.6. The minimum atomic E-state index is -2.97. The van der Waals surface area contributed by atoms with Crippen LogP contribution in [-0.4, -0.2) is 98.5 Å². The predicted octanol–water partition coefficient (Wildman–Crippen LogP) is -6.01. The topological polar surface area (TPSA) is 141 Å². The van der Waals surface area contributed by atoms with Crippen LogP contribution in [0, 0.1) is 0 Å². The summed E-state index contributed by atoms with van der Waals surface area (Å²) in [4.78, 5) is 30.0. The molecule has 1 N–H and O–H groups in total. The Hall–Kier alpha value is 0.669. The maximum atomic E-state index is 10.1. The smallest absolute Gasteiger partial charge is 0.550 e. The largest absolute Gasteiger partial charge is 3.00 e. The first kappa shape index (κ1) is 21.0. The van der Waals surface area contributed by atoms with Crippen molar-refractivity contribution in [2.75, 3.05) is 0 Å². The van der Waals surface area contributed by atoms with Crippen molar-refractivity contribution in [3.8, 4) is 0 Å². The first-order valence-corrected chi connectivity index (χ1v) is 3.11. The van der Waals surface area contributed by atoms with E-state index in [4.69, 9.17) is 5.11 Å². The van der Waals surface area contributed by atoms with Crippen molar-refractivity contribution in [1.29, 1.82) is 0 Å². The van der Waals surface area contributed by atoms with Gasteiger partial charge in [-0.1, -0.05) is 0 Å². The molecule has 0 aliphatic rings. The molecule has 0 atom stereocenters. The van der Waals surface area contributed by atoms with E-state index in [1.807, 2.05) is 0 Å². The molecule has 76 valence electrons. The van der Waals surface area contributed by atoms with Gasteiger partial charge in [-0.2, -0.15) is 0 Å². The number of carboxylic acid groups (broad SMARTS) is 3. The van der Waals surface area contributed by atoms with Crippen molar-refractivity contribution in [2.24, 2.45) is 0 Å². The van der Waals surface area contributed by atoms with Crippen LogP contribution in [0.1, 0.15) is 12.8 Å². The van der Waals surface area contributed by atoms with Crippen molar-refractivity contribution >= 4 is 87.8 Å². The molecule has 0 aliphatic heterocycles. The molecule has 0 aliphatic carbocycles. The van der Waals surface area contributed by atoms with Crippen LogP contribution in [0.25, 0.3) is 0 Å². The third-order valence-electron chi connectivity index (χ3n) is 1.25. The number of aliphatic hydroxyl groups is 1. The second kappa shape index (κ2) is 8.78. The molecule has 9 heteroatoms. The first-order chi connectivity index (χ1) is 5.78. The number of hydrogen-bond donors (Lipinski definition) is 1. The van der Waals surface area contributed by atoms with E-state index in [1.54, 1.807) is 0 Å². The maximum Gasteiger partial charge on any atom is 3.00 e. The normalized spacial score (nSPS) is 9.40. The SMILES string of the molecule is O=C([O-])CC(O)(CC(=O)[O-])C(=O)[O-].[Sb+3].[Sr+2]. The summed E-state index contributed by atoms with van der Waals surface area (Å²) in [6.07, 6.45) is -2.72. The molecule has 2 radical (unpaired) electrons. The molecule has 0 fully saturated rings. The van der Waals surface area contributed by atoms with Gasteiger partial charge in [0, 0.05) is 24.8 Å². The number of carboxylic acids is 3. The zero-order valence-electron chi connectivity index (χ0n) is 7.47. The Balaban J connectivity index is -0.000000720. The average Bonchev–Trinajstić information content (AvgIpc) is 1.82. The van der Waals surface area contributed by atoms with E-state index in [-0.39, 0.29) is 69.9 Å². The fourth-order valence-corrected chi connectivity index (χ4v) is 0.684. The molecular weight excluding hydrogens is 393 g/mol. The molecule has 0 bridgehead atoms.